The average molecular weight is 285 g/mol. The second-order valence-corrected chi connectivity index (χ2v) is 6.52. The summed E-state index contributed by atoms with van der Waals surface area (Å²) in [6, 6.07) is 0. The molecule has 0 spiro atoms. The largest absolute Gasteiger partial charge is 0.481 e. The second kappa shape index (κ2) is 6.41. The quantitative estimate of drug-likeness (QED) is 0.780. The molecule has 6 heteroatoms. The van der Waals surface area contributed by atoms with Crippen molar-refractivity contribution >= 4 is 17.7 Å². The van der Waals surface area contributed by atoms with Gasteiger partial charge in [0.1, 0.15) is 5.82 Å². The highest BCUT2D eigenvalue weighted by atomic mass is 32.2. The maximum absolute atomic E-state index is 10.7. The van der Waals surface area contributed by atoms with Crippen molar-refractivity contribution < 1.29 is 9.90 Å². The Morgan fingerprint density at radius 2 is 2.05 bits per heavy atom. The molecule has 0 unspecified atom stereocenters. The Morgan fingerprint density at radius 1 is 1.42 bits per heavy atom. The number of hydrogen-bond donors (Lipinski definition) is 1. The smallest absolute Gasteiger partial charge is 0.313 e. The predicted molar refractivity (Wildman–Crippen MR) is 76.7 cm³/mol. The first-order chi connectivity index (χ1) is 8.79. The van der Waals surface area contributed by atoms with Gasteiger partial charge in [-0.25, -0.2) is 0 Å². The van der Waals surface area contributed by atoms with Crippen molar-refractivity contribution in [1.82, 2.24) is 14.8 Å². The lowest BCUT2D eigenvalue weighted by Gasteiger charge is -2.29. The van der Waals surface area contributed by atoms with Crippen LogP contribution in [0.1, 0.15) is 59.2 Å². The number of carboxylic acid groups (broad SMARTS) is 1. The van der Waals surface area contributed by atoms with Gasteiger partial charge in [-0.3, -0.25) is 4.79 Å². The summed E-state index contributed by atoms with van der Waals surface area (Å²) in [6.45, 7) is 10.6. The van der Waals surface area contributed by atoms with Crippen LogP contribution in [-0.4, -0.2) is 31.6 Å². The van der Waals surface area contributed by atoms with E-state index in [9.17, 15) is 4.79 Å². The van der Waals surface area contributed by atoms with E-state index < -0.39 is 5.97 Å². The topological polar surface area (TPSA) is 68.0 Å². The lowest BCUT2D eigenvalue weighted by atomic mass is 9.97. The van der Waals surface area contributed by atoms with E-state index in [1.807, 2.05) is 0 Å². The van der Waals surface area contributed by atoms with Crippen LogP contribution in [0, 0.1) is 0 Å². The summed E-state index contributed by atoms with van der Waals surface area (Å²) < 4.78 is 2.11. The summed E-state index contributed by atoms with van der Waals surface area (Å²) in [5.74, 6) is 0.367. The highest BCUT2D eigenvalue weighted by Gasteiger charge is 2.28. The van der Waals surface area contributed by atoms with Crippen molar-refractivity contribution in [2.45, 2.75) is 64.1 Å². The Bertz CT molecular complexity index is 441. The number of aliphatic carboxylic acids is 1. The molecule has 0 fully saturated rings. The van der Waals surface area contributed by atoms with Crippen LogP contribution < -0.4 is 0 Å². The minimum absolute atomic E-state index is 0.0123. The van der Waals surface area contributed by atoms with Crippen LogP contribution >= 0.6 is 11.8 Å². The molecule has 1 rings (SSSR count). The molecular weight excluding hydrogens is 262 g/mol. The summed E-state index contributed by atoms with van der Waals surface area (Å²) >= 11 is 1.24. The number of aromatic nitrogens is 3. The zero-order valence-electron chi connectivity index (χ0n) is 12.3. The molecule has 0 aromatic carbocycles. The Labute approximate surface area is 118 Å². The number of carboxylic acids is 1. The fraction of sp³-hybridized carbons (Fsp3) is 0.769. The van der Waals surface area contributed by atoms with Gasteiger partial charge in [-0.05, 0) is 20.3 Å². The second-order valence-electron chi connectivity index (χ2n) is 5.58. The number of hydrogen-bond acceptors (Lipinski definition) is 4. The van der Waals surface area contributed by atoms with E-state index in [1.54, 1.807) is 0 Å². The van der Waals surface area contributed by atoms with E-state index in [2.05, 4.69) is 49.4 Å². The summed E-state index contributed by atoms with van der Waals surface area (Å²) in [6.07, 6.45) is 2.07. The summed E-state index contributed by atoms with van der Waals surface area (Å²) in [4.78, 5) is 10.7. The first-order valence-electron chi connectivity index (χ1n) is 6.60. The molecule has 19 heavy (non-hydrogen) atoms. The Hall–Kier alpha value is -1.04. The van der Waals surface area contributed by atoms with Gasteiger partial charge in [-0.15, -0.1) is 10.2 Å². The van der Waals surface area contributed by atoms with Crippen LogP contribution in [0.4, 0.5) is 0 Å². The number of carbonyl (C=O) groups is 1. The Morgan fingerprint density at radius 3 is 2.53 bits per heavy atom. The lowest BCUT2D eigenvalue weighted by molar-refractivity contribution is -0.133. The summed E-state index contributed by atoms with van der Waals surface area (Å²) in [5, 5.41) is 17.9. The van der Waals surface area contributed by atoms with Crippen LogP contribution in [-0.2, 0) is 10.3 Å². The van der Waals surface area contributed by atoms with Crippen LogP contribution in [0.5, 0.6) is 0 Å². The van der Waals surface area contributed by atoms with Gasteiger partial charge in [-0.2, -0.15) is 0 Å². The van der Waals surface area contributed by atoms with Crippen molar-refractivity contribution in [2.75, 3.05) is 5.75 Å². The average Bonchev–Trinajstić information content (AvgIpc) is 2.70. The van der Waals surface area contributed by atoms with Crippen LogP contribution in [0.15, 0.2) is 5.16 Å². The molecule has 1 heterocycles. The summed E-state index contributed by atoms with van der Waals surface area (Å²) in [7, 11) is 0. The van der Waals surface area contributed by atoms with Crippen LogP contribution in [0.3, 0.4) is 0 Å². The molecule has 5 nitrogen and oxygen atoms in total. The fourth-order valence-corrected chi connectivity index (χ4v) is 2.99. The zero-order valence-corrected chi connectivity index (χ0v) is 13.1. The van der Waals surface area contributed by atoms with Gasteiger partial charge in [-0.1, -0.05) is 39.0 Å². The molecule has 0 aliphatic carbocycles. The molecular formula is C13H23N3O2S. The first kappa shape index (κ1) is 16.0. The molecule has 1 aromatic rings. The highest BCUT2D eigenvalue weighted by Crippen LogP contribution is 2.31. The summed E-state index contributed by atoms with van der Waals surface area (Å²) in [5.41, 5.74) is -0.0985. The Balaban J connectivity index is 3.15. The minimum atomic E-state index is -0.834. The minimum Gasteiger partial charge on any atom is -0.481 e. The molecule has 0 radical (unpaired) electrons. The van der Waals surface area contributed by atoms with E-state index in [-0.39, 0.29) is 17.2 Å². The number of nitrogens with zero attached hydrogens (tertiary/aromatic N) is 3. The third kappa shape index (κ3) is 3.96. The molecule has 0 atom stereocenters. The van der Waals surface area contributed by atoms with Crippen molar-refractivity contribution in [3.63, 3.8) is 0 Å². The third-order valence-electron chi connectivity index (χ3n) is 2.97. The molecule has 1 aromatic heterocycles. The SMILES string of the molecule is CCCC(C)(C)n1c(SCC(=O)O)nnc1C(C)C. The molecule has 0 bridgehead atoms. The van der Waals surface area contributed by atoms with Crippen molar-refractivity contribution in [1.29, 1.82) is 0 Å². The monoisotopic (exact) mass is 285 g/mol. The third-order valence-corrected chi connectivity index (χ3v) is 3.88. The highest BCUT2D eigenvalue weighted by molar-refractivity contribution is 7.99. The van der Waals surface area contributed by atoms with Gasteiger partial charge in [0.05, 0.1) is 5.75 Å². The van der Waals surface area contributed by atoms with Crippen molar-refractivity contribution in [3.8, 4) is 0 Å². The van der Waals surface area contributed by atoms with E-state index in [4.69, 9.17) is 5.11 Å². The van der Waals surface area contributed by atoms with Gasteiger partial charge in [0, 0.05) is 11.5 Å². The lowest BCUT2D eigenvalue weighted by Crippen LogP contribution is -2.29. The first-order valence-corrected chi connectivity index (χ1v) is 7.58. The van der Waals surface area contributed by atoms with E-state index in [0.29, 0.717) is 5.16 Å². The van der Waals surface area contributed by atoms with E-state index in [1.165, 1.54) is 11.8 Å². The number of thioether (sulfide) groups is 1. The molecule has 0 aliphatic rings. The van der Waals surface area contributed by atoms with E-state index >= 15 is 0 Å². The van der Waals surface area contributed by atoms with E-state index in [0.717, 1.165) is 18.7 Å². The molecule has 108 valence electrons. The predicted octanol–water partition coefficient (Wildman–Crippen LogP) is 3.11. The maximum Gasteiger partial charge on any atom is 0.313 e. The van der Waals surface area contributed by atoms with Gasteiger partial charge >= 0.3 is 5.97 Å². The van der Waals surface area contributed by atoms with Crippen LogP contribution in [0.25, 0.3) is 0 Å². The van der Waals surface area contributed by atoms with Gasteiger partial charge < -0.3 is 9.67 Å². The molecule has 0 aliphatic heterocycles. The van der Waals surface area contributed by atoms with Gasteiger partial charge in [0.2, 0.25) is 0 Å². The molecule has 0 saturated heterocycles. The normalized spacial score (nSPS) is 12.1. The Kier molecular flexibility index (Phi) is 5.40. The molecule has 1 N–H and O–H groups in total. The van der Waals surface area contributed by atoms with Gasteiger partial charge in [0.15, 0.2) is 5.16 Å². The number of rotatable bonds is 7. The van der Waals surface area contributed by atoms with Crippen molar-refractivity contribution in [2.24, 2.45) is 0 Å². The van der Waals surface area contributed by atoms with Crippen LogP contribution in [0.2, 0.25) is 0 Å². The standard InChI is InChI=1S/C13H23N3O2S/c1-6-7-13(4,5)16-11(9(2)3)14-15-12(16)19-8-10(17)18/h9H,6-8H2,1-5H3,(H,17,18). The maximum atomic E-state index is 10.7. The molecule has 0 amide bonds. The van der Waals surface area contributed by atoms with Gasteiger partial charge in [0.25, 0.3) is 0 Å². The fourth-order valence-electron chi connectivity index (χ4n) is 2.17. The zero-order chi connectivity index (χ0) is 14.6. The van der Waals surface area contributed by atoms with Crippen molar-refractivity contribution in [3.05, 3.63) is 5.82 Å². The molecule has 0 saturated carbocycles.